The first-order valence-corrected chi connectivity index (χ1v) is 12.9. The average Bonchev–Trinajstić information content (AvgIpc) is 2.90. The zero-order valence-electron chi connectivity index (χ0n) is 21.2. The van der Waals surface area contributed by atoms with Crippen LogP contribution < -0.4 is 11.5 Å². The van der Waals surface area contributed by atoms with Gasteiger partial charge in [-0.15, -0.1) is 0 Å². The van der Waals surface area contributed by atoms with Crippen molar-refractivity contribution in [3.8, 4) is 0 Å². The maximum Gasteiger partial charge on any atom is 0.253 e. The van der Waals surface area contributed by atoms with Crippen molar-refractivity contribution in [3.05, 3.63) is 76.9 Å². The van der Waals surface area contributed by atoms with Gasteiger partial charge in [-0.2, -0.15) is 0 Å². The monoisotopic (exact) mass is 476 g/mol. The average molecular weight is 477 g/mol. The molecule has 0 spiro atoms. The number of hydrogen-bond acceptors (Lipinski definition) is 4. The Morgan fingerprint density at radius 1 is 0.886 bits per heavy atom. The van der Waals surface area contributed by atoms with E-state index < -0.39 is 6.04 Å². The summed E-state index contributed by atoms with van der Waals surface area (Å²) in [6, 6.07) is 17.9. The Morgan fingerprint density at radius 2 is 1.46 bits per heavy atom. The van der Waals surface area contributed by atoms with Gasteiger partial charge >= 0.3 is 0 Å². The molecule has 1 saturated heterocycles. The number of hydrogen-bond donors (Lipinski definition) is 2. The molecule has 0 aliphatic carbocycles. The van der Waals surface area contributed by atoms with Crippen molar-refractivity contribution in [2.45, 2.75) is 52.0 Å². The van der Waals surface area contributed by atoms with Crippen LogP contribution in [-0.2, 0) is 4.79 Å². The first-order chi connectivity index (χ1) is 17.0. The van der Waals surface area contributed by atoms with Gasteiger partial charge in [-0.05, 0) is 74.9 Å². The number of amides is 2. The summed E-state index contributed by atoms with van der Waals surface area (Å²) in [6.45, 7) is 7.37. The number of likely N-dealkylation sites (tertiary alicyclic amines) is 1. The van der Waals surface area contributed by atoms with Gasteiger partial charge in [0.2, 0.25) is 5.91 Å². The SMILES string of the molecule is CCN(CC)C(=O)c1ccc(C(=C2CCN(C(=O)[C@@H](N)CCCCN)CC2)c2ccccc2)cc1. The molecule has 4 N–H and O–H groups in total. The quantitative estimate of drug-likeness (QED) is 0.506. The third-order valence-corrected chi connectivity index (χ3v) is 6.85. The topological polar surface area (TPSA) is 92.7 Å². The lowest BCUT2D eigenvalue weighted by Gasteiger charge is -2.32. The van der Waals surface area contributed by atoms with Gasteiger partial charge in [-0.1, -0.05) is 54.5 Å². The second-order valence-corrected chi connectivity index (χ2v) is 9.12. The van der Waals surface area contributed by atoms with E-state index in [4.69, 9.17) is 11.5 Å². The van der Waals surface area contributed by atoms with Crippen LogP contribution in [0.15, 0.2) is 60.2 Å². The lowest BCUT2D eigenvalue weighted by Crippen LogP contribution is -2.46. The Kier molecular flexibility index (Phi) is 10.1. The third-order valence-electron chi connectivity index (χ3n) is 6.85. The van der Waals surface area contributed by atoms with Crippen LogP contribution in [0.25, 0.3) is 5.57 Å². The molecule has 0 saturated carbocycles. The molecule has 188 valence electrons. The van der Waals surface area contributed by atoms with Gasteiger partial charge in [-0.3, -0.25) is 9.59 Å². The standard InChI is InChI=1S/C29H40N4O2/c1-3-32(4-2)28(34)25-15-13-23(14-16-25)27(22-10-6-5-7-11-22)24-17-20-33(21-18-24)29(35)26(31)12-8-9-19-30/h5-7,10-11,13-16,26H,3-4,8-9,12,17-21,30-31H2,1-2H3/t26-/m0/s1. The van der Waals surface area contributed by atoms with Crippen molar-refractivity contribution < 1.29 is 9.59 Å². The Labute approximate surface area is 210 Å². The summed E-state index contributed by atoms with van der Waals surface area (Å²) < 4.78 is 0. The Balaban J connectivity index is 1.81. The Bertz CT molecular complexity index is 987. The fraction of sp³-hybridized carbons (Fsp3) is 0.448. The number of benzene rings is 2. The lowest BCUT2D eigenvalue weighted by molar-refractivity contribution is -0.133. The van der Waals surface area contributed by atoms with E-state index in [2.05, 4.69) is 24.3 Å². The third kappa shape index (κ3) is 6.80. The molecule has 35 heavy (non-hydrogen) atoms. The van der Waals surface area contributed by atoms with Crippen LogP contribution in [0.4, 0.5) is 0 Å². The molecule has 1 atom stereocenters. The van der Waals surface area contributed by atoms with Gasteiger partial charge in [0.25, 0.3) is 5.91 Å². The van der Waals surface area contributed by atoms with Crippen molar-refractivity contribution >= 4 is 17.4 Å². The van der Waals surface area contributed by atoms with Gasteiger partial charge in [-0.25, -0.2) is 0 Å². The van der Waals surface area contributed by atoms with Crippen molar-refractivity contribution in [3.63, 3.8) is 0 Å². The zero-order valence-corrected chi connectivity index (χ0v) is 21.2. The van der Waals surface area contributed by atoms with Crippen molar-refractivity contribution in [2.24, 2.45) is 11.5 Å². The van der Waals surface area contributed by atoms with Crippen molar-refractivity contribution in [1.29, 1.82) is 0 Å². The second-order valence-electron chi connectivity index (χ2n) is 9.12. The molecule has 0 unspecified atom stereocenters. The number of nitrogens with two attached hydrogens (primary N) is 2. The number of rotatable bonds is 10. The maximum atomic E-state index is 12.8. The predicted octanol–water partition coefficient (Wildman–Crippen LogP) is 4.05. The van der Waals surface area contributed by atoms with Crippen LogP contribution >= 0.6 is 0 Å². The number of nitrogens with zero attached hydrogens (tertiary/aromatic N) is 2. The van der Waals surface area contributed by atoms with Crippen molar-refractivity contribution in [1.82, 2.24) is 9.80 Å². The molecule has 2 aromatic rings. The van der Waals surface area contributed by atoms with Gasteiger partial charge in [0.05, 0.1) is 6.04 Å². The summed E-state index contributed by atoms with van der Waals surface area (Å²) in [5, 5.41) is 0. The summed E-state index contributed by atoms with van der Waals surface area (Å²) in [5.74, 6) is 0.103. The van der Waals surface area contributed by atoms with Gasteiger partial charge in [0.1, 0.15) is 0 Å². The first kappa shape index (κ1) is 26.6. The van der Waals surface area contributed by atoms with Crippen LogP contribution in [-0.4, -0.2) is 60.4 Å². The number of piperidine rings is 1. The van der Waals surface area contributed by atoms with E-state index in [1.807, 2.05) is 54.0 Å². The molecule has 0 radical (unpaired) electrons. The summed E-state index contributed by atoms with van der Waals surface area (Å²) in [6.07, 6.45) is 4.08. The van der Waals surface area contributed by atoms with E-state index in [1.54, 1.807) is 0 Å². The molecule has 1 fully saturated rings. The second kappa shape index (κ2) is 13.2. The van der Waals surface area contributed by atoms with E-state index in [0.29, 0.717) is 44.7 Å². The number of unbranched alkanes of at least 4 members (excludes halogenated alkanes) is 1. The lowest BCUT2D eigenvalue weighted by atomic mass is 9.88. The summed E-state index contributed by atoms with van der Waals surface area (Å²) in [4.78, 5) is 29.3. The predicted molar refractivity (Wildman–Crippen MR) is 143 cm³/mol. The molecular formula is C29H40N4O2. The largest absolute Gasteiger partial charge is 0.341 e. The zero-order chi connectivity index (χ0) is 25.2. The summed E-state index contributed by atoms with van der Waals surface area (Å²) >= 11 is 0. The van der Waals surface area contributed by atoms with E-state index in [1.165, 1.54) is 11.1 Å². The highest BCUT2D eigenvalue weighted by Crippen LogP contribution is 2.33. The summed E-state index contributed by atoms with van der Waals surface area (Å²) in [7, 11) is 0. The van der Waals surface area contributed by atoms with Crippen LogP contribution in [0.3, 0.4) is 0 Å². The summed E-state index contributed by atoms with van der Waals surface area (Å²) in [5.41, 5.74) is 17.2. The number of carbonyl (C=O) groups is 2. The highest BCUT2D eigenvalue weighted by molar-refractivity contribution is 5.95. The fourth-order valence-electron chi connectivity index (χ4n) is 4.77. The highest BCUT2D eigenvalue weighted by atomic mass is 16.2. The molecule has 6 nitrogen and oxygen atoms in total. The van der Waals surface area contributed by atoms with Gasteiger partial charge < -0.3 is 21.3 Å². The van der Waals surface area contributed by atoms with E-state index >= 15 is 0 Å². The molecule has 0 aromatic heterocycles. The molecule has 1 aliphatic heterocycles. The first-order valence-electron chi connectivity index (χ1n) is 12.9. The molecule has 2 amide bonds. The van der Waals surface area contributed by atoms with Gasteiger partial charge in [0, 0.05) is 31.7 Å². The minimum atomic E-state index is -0.448. The van der Waals surface area contributed by atoms with E-state index in [-0.39, 0.29) is 11.8 Å². The smallest absolute Gasteiger partial charge is 0.253 e. The van der Waals surface area contributed by atoms with E-state index in [0.717, 1.165) is 36.8 Å². The van der Waals surface area contributed by atoms with E-state index in [9.17, 15) is 9.59 Å². The molecule has 1 heterocycles. The number of carbonyl (C=O) groups excluding carboxylic acids is 2. The van der Waals surface area contributed by atoms with Crippen LogP contribution in [0, 0.1) is 0 Å². The van der Waals surface area contributed by atoms with Crippen LogP contribution in [0.5, 0.6) is 0 Å². The molecule has 6 heteroatoms. The highest BCUT2D eigenvalue weighted by Gasteiger charge is 2.25. The Hall–Kier alpha value is -2.96. The Morgan fingerprint density at radius 3 is 2.03 bits per heavy atom. The minimum Gasteiger partial charge on any atom is -0.341 e. The van der Waals surface area contributed by atoms with Crippen LogP contribution in [0.2, 0.25) is 0 Å². The molecule has 2 aromatic carbocycles. The normalized spacial score (nSPS) is 14.5. The minimum absolute atomic E-state index is 0.0431. The molecule has 0 bridgehead atoms. The van der Waals surface area contributed by atoms with Crippen LogP contribution in [0.1, 0.15) is 67.4 Å². The maximum absolute atomic E-state index is 12.8. The molecule has 1 aliphatic rings. The van der Waals surface area contributed by atoms with Crippen molar-refractivity contribution in [2.75, 3.05) is 32.7 Å². The molecular weight excluding hydrogens is 436 g/mol. The molecule has 3 rings (SSSR count). The van der Waals surface area contributed by atoms with Gasteiger partial charge in [0.15, 0.2) is 0 Å². The fourth-order valence-corrected chi connectivity index (χ4v) is 4.77.